The van der Waals surface area contributed by atoms with Crippen molar-refractivity contribution in [3.05, 3.63) is 180 Å². The minimum atomic E-state index is -4.27. The highest BCUT2D eigenvalue weighted by Crippen LogP contribution is 2.35. The van der Waals surface area contributed by atoms with Gasteiger partial charge in [0.2, 0.25) is 5.82 Å². The van der Waals surface area contributed by atoms with Crippen molar-refractivity contribution >= 4 is 67.1 Å². The fourth-order valence-corrected chi connectivity index (χ4v) is 7.47. The molecule has 0 saturated heterocycles. The van der Waals surface area contributed by atoms with Crippen LogP contribution in [-0.2, 0) is 17.2 Å². The molecule has 0 amide bonds. The number of aryl methyl sites for hydroxylation is 2. The molecule has 10 heteroatoms. The summed E-state index contributed by atoms with van der Waals surface area (Å²) < 4.78 is 37.8. The first-order chi connectivity index (χ1) is 26.7. The quantitative estimate of drug-likeness (QED) is 0.124. The first-order valence-corrected chi connectivity index (χ1v) is 19.3. The van der Waals surface area contributed by atoms with E-state index in [0.29, 0.717) is 5.02 Å². The van der Waals surface area contributed by atoms with Gasteiger partial charge in [0.1, 0.15) is 27.0 Å². The van der Waals surface area contributed by atoms with Crippen LogP contribution >= 0.6 is 11.6 Å². The van der Waals surface area contributed by atoms with Gasteiger partial charge in [-0.1, -0.05) is 119 Å². The third-order valence-electron chi connectivity index (χ3n) is 9.40. The highest BCUT2D eigenvalue weighted by molar-refractivity contribution is 7.85. The molecule has 0 radical (unpaired) electrons. The van der Waals surface area contributed by atoms with Gasteiger partial charge >= 0.3 is 5.65 Å². The zero-order valence-electron chi connectivity index (χ0n) is 29.9. The van der Waals surface area contributed by atoms with Crippen LogP contribution in [0.1, 0.15) is 17.0 Å². The highest BCUT2D eigenvalue weighted by Gasteiger charge is 2.28. The summed E-state index contributed by atoms with van der Waals surface area (Å²) in [6.07, 6.45) is 4.42. The van der Waals surface area contributed by atoms with E-state index in [4.69, 9.17) is 21.6 Å². The summed E-state index contributed by atoms with van der Waals surface area (Å²) in [6, 6.07) is 51.2. The van der Waals surface area contributed by atoms with E-state index in [0.717, 1.165) is 61.9 Å². The molecule has 3 aromatic heterocycles. The maximum Gasteiger partial charge on any atom is 0.328 e. The fraction of sp³-hybridized carbons (Fsp3) is 0.0444. The van der Waals surface area contributed by atoms with Gasteiger partial charge in [0, 0.05) is 34.6 Å². The molecular weight excluding hydrogens is 726 g/mol. The Bertz CT molecular complexity index is 2960. The van der Waals surface area contributed by atoms with Crippen molar-refractivity contribution in [1.29, 1.82) is 0 Å². The van der Waals surface area contributed by atoms with Crippen LogP contribution < -0.4 is 4.57 Å². The average Bonchev–Trinajstić information content (AvgIpc) is 3.67. The van der Waals surface area contributed by atoms with Crippen molar-refractivity contribution in [3.8, 4) is 22.6 Å². The molecule has 0 unspecified atom stereocenters. The second-order valence-electron chi connectivity index (χ2n) is 13.0. The van der Waals surface area contributed by atoms with Gasteiger partial charge in [0.05, 0.1) is 10.6 Å². The van der Waals surface area contributed by atoms with Crippen molar-refractivity contribution in [2.75, 3.05) is 0 Å². The molecule has 0 atom stereocenters. The fourth-order valence-electron chi connectivity index (χ4n) is 6.84. The molecule has 0 saturated carbocycles. The van der Waals surface area contributed by atoms with E-state index in [1.807, 2.05) is 61.5 Å². The predicted octanol–water partition coefficient (Wildman–Crippen LogP) is 9.73. The first-order valence-electron chi connectivity index (χ1n) is 17.6. The summed E-state index contributed by atoms with van der Waals surface area (Å²) in [7, 11) is -2.13. The molecule has 0 N–H and O–H groups in total. The summed E-state index contributed by atoms with van der Waals surface area (Å²) in [5.74, 6) is 0.922. The Morgan fingerprint density at radius 1 is 0.709 bits per heavy atom. The molecular formula is C45H34ClN5O3S. The number of rotatable bonds is 6. The number of para-hydroxylation sites is 3. The summed E-state index contributed by atoms with van der Waals surface area (Å²) in [6.45, 7) is 1.82. The van der Waals surface area contributed by atoms with Crippen LogP contribution in [0.25, 0.3) is 68.0 Å². The van der Waals surface area contributed by atoms with E-state index >= 15 is 0 Å². The van der Waals surface area contributed by atoms with E-state index in [9.17, 15) is 13.0 Å². The Morgan fingerprint density at radius 2 is 1.35 bits per heavy atom. The van der Waals surface area contributed by atoms with Crippen LogP contribution in [0, 0.1) is 6.92 Å². The number of nitrogens with zero attached hydrogens (tertiary/aromatic N) is 5. The molecule has 9 aromatic rings. The average molecular weight is 760 g/mol. The maximum absolute atomic E-state index is 10.4. The van der Waals surface area contributed by atoms with Gasteiger partial charge in [-0.3, -0.25) is 0 Å². The lowest BCUT2D eigenvalue weighted by Gasteiger charge is -2.07. The minimum Gasteiger partial charge on any atom is -0.744 e. The topological polar surface area (TPSA) is 96.7 Å². The molecule has 8 nitrogen and oxygen atoms in total. The molecule has 9 rings (SSSR count). The molecule has 6 aromatic carbocycles. The number of aromatic nitrogens is 5. The Kier molecular flexibility index (Phi) is 9.59. The van der Waals surface area contributed by atoms with Crippen LogP contribution in [-0.4, -0.2) is 32.1 Å². The first kappa shape index (κ1) is 35.6. The molecule has 0 aliphatic rings. The predicted molar refractivity (Wildman–Crippen MR) is 219 cm³/mol. The smallest absolute Gasteiger partial charge is 0.328 e. The maximum atomic E-state index is 10.4. The van der Waals surface area contributed by atoms with Crippen molar-refractivity contribution in [2.24, 2.45) is 7.05 Å². The SMILES string of the molecule is Cc1ccc(S(=O)(=O)[O-])cc1.Cn1c(-c2ccccc2)c(/C=C/c2n(-c3ccccc3)c3nc4cc(Cl)ccc4nc3[n+]2-c2ccccc2)c2ccccc21. The van der Waals surface area contributed by atoms with Crippen LogP contribution in [0.15, 0.2) is 163 Å². The van der Waals surface area contributed by atoms with E-state index in [-0.39, 0.29) is 4.90 Å². The third kappa shape index (κ3) is 7.04. The minimum absolute atomic E-state index is 0.178. The summed E-state index contributed by atoms with van der Waals surface area (Å²) >= 11 is 6.40. The van der Waals surface area contributed by atoms with Gasteiger partial charge in [-0.2, -0.15) is 4.57 Å². The zero-order chi connectivity index (χ0) is 38.1. The Morgan fingerprint density at radius 3 is 2.04 bits per heavy atom. The molecule has 0 aliphatic carbocycles. The molecule has 270 valence electrons. The van der Waals surface area contributed by atoms with E-state index in [1.54, 1.807) is 12.1 Å². The van der Waals surface area contributed by atoms with Gasteiger partial charge in [-0.25, -0.2) is 18.0 Å². The molecule has 0 aliphatic heterocycles. The Hall–Kier alpha value is -6.39. The third-order valence-corrected chi connectivity index (χ3v) is 10.5. The number of fused-ring (bicyclic) bond motifs is 3. The number of imidazole rings is 1. The van der Waals surface area contributed by atoms with Crippen molar-refractivity contribution in [3.63, 3.8) is 0 Å². The standard InChI is InChI=1S/C38H27ClN5.C7H8O3S/c1-42-34-20-12-11-19-30(34)31(36(42)26-13-5-2-6-14-26)22-24-35-43(28-15-7-3-8-16-28)37-38(44(35)29-17-9-4-10-18-29)41-33-25-27(39)21-23-32(33)40-37;1-6-2-4-7(5-3-6)11(8,9)10/h2-25H,1H3;2-5H,1H3,(H,8,9,10)/q+1;/p-1. The van der Waals surface area contributed by atoms with Crippen molar-refractivity contribution in [2.45, 2.75) is 11.8 Å². The lowest BCUT2D eigenvalue weighted by atomic mass is 10.0. The number of hydrogen-bond acceptors (Lipinski definition) is 5. The van der Waals surface area contributed by atoms with Gasteiger partial charge < -0.3 is 9.12 Å². The van der Waals surface area contributed by atoms with Crippen LogP contribution in [0.4, 0.5) is 0 Å². The van der Waals surface area contributed by atoms with E-state index < -0.39 is 10.1 Å². The van der Waals surface area contributed by atoms with Crippen molar-refractivity contribution in [1.82, 2.24) is 19.1 Å². The van der Waals surface area contributed by atoms with Gasteiger partial charge in [0.15, 0.2) is 5.52 Å². The van der Waals surface area contributed by atoms with Crippen molar-refractivity contribution < 1.29 is 17.5 Å². The summed E-state index contributed by atoms with van der Waals surface area (Å²) in [5, 5.41) is 1.82. The normalized spacial score (nSPS) is 11.7. The van der Waals surface area contributed by atoms with Gasteiger partial charge in [-0.05, 0) is 79.2 Å². The second kappa shape index (κ2) is 14.8. The van der Waals surface area contributed by atoms with Crippen LogP contribution in [0.3, 0.4) is 0 Å². The van der Waals surface area contributed by atoms with Gasteiger partial charge in [0.25, 0.3) is 5.65 Å². The highest BCUT2D eigenvalue weighted by atomic mass is 35.5. The van der Waals surface area contributed by atoms with E-state index in [2.05, 4.69) is 112 Å². The van der Waals surface area contributed by atoms with E-state index in [1.165, 1.54) is 23.0 Å². The molecule has 3 heterocycles. The number of benzene rings is 6. The lowest BCUT2D eigenvalue weighted by Crippen LogP contribution is -2.34. The lowest BCUT2D eigenvalue weighted by molar-refractivity contribution is -0.572. The number of hydrogen-bond donors (Lipinski definition) is 0. The number of halogens is 1. The largest absolute Gasteiger partial charge is 0.744 e. The molecule has 0 bridgehead atoms. The molecule has 0 spiro atoms. The zero-order valence-corrected chi connectivity index (χ0v) is 31.5. The molecule has 0 fully saturated rings. The van der Waals surface area contributed by atoms with Crippen LogP contribution in [0.5, 0.6) is 0 Å². The summed E-state index contributed by atoms with van der Waals surface area (Å²) in [4.78, 5) is 10.1. The Balaban J connectivity index is 0.000000337. The summed E-state index contributed by atoms with van der Waals surface area (Å²) in [5.41, 5.74) is 10.6. The monoisotopic (exact) mass is 759 g/mol. The Labute approximate surface area is 323 Å². The molecule has 55 heavy (non-hydrogen) atoms. The van der Waals surface area contributed by atoms with Gasteiger partial charge in [-0.15, -0.1) is 0 Å². The second-order valence-corrected chi connectivity index (χ2v) is 14.8. The van der Waals surface area contributed by atoms with Crippen LogP contribution in [0.2, 0.25) is 5.02 Å².